The van der Waals surface area contributed by atoms with E-state index in [1.54, 1.807) is 0 Å². The molecule has 0 atom stereocenters. The molecule has 0 aromatic heterocycles. The summed E-state index contributed by atoms with van der Waals surface area (Å²) in [5.41, 5.74) is 0. The Bertz CT molecular complexity index is 367. The van der Waals surface area contributed by atoms with E-state index in [1.807, 2.05) is 25.2 Å². The largest absolute Gasteiger partial charge is 0.484 e. The molecular formula is C11H14BrIN2O2. The molecule has 1 rings (SSSR count). The van der Waals surface area contributed by atoms with Gasteiger partial charge in [-0.3, -0.25) is 4.79 Å². The normalized spacial score (nSPS) is 10.1. The Balaban J connectivity index is 2.36. The van der Waals surface area contributed by atoms with Crippen LogP contribution in [-0.2, 0) is 4.79 Å². The monoisotopic (exact) mass is 412 g/mol. The summed E-state index contributed by atoms with van der Waals surface area (Å²) in [7, 11) is 1.84. The summed E-state index contributed by atoms with van der Waals surface area (Å²) in [6.45, 7) is 1.39. The molecule has 4 nitrogen and oxygen atoms in total. The Morgan fingerprint density at radius 1 is 1.41 bits per heavy atom. The van der Waals surface area contributed by atoms with Gasteiger partial charge in [-0.2, -0.15) is 0 Å². The number of hydrogen-bond donors (Lipinski definition) is 2. The van der Waals surface area contributed by atoms with E-state index in [1.165, 1.54) is 0 Å². The van der Waals surface area contributed by atoms with Gasteiger partial charge in [0.05, 0.1) is 0 Å². The van der Waals surface area contributed by atoms with Crippen molar-refractivity contribution in [3.63, 3.8) is 0 Å². The number of halogens is 2. The van der Waals surface area contributed by atoms with E-state index in [4.69, 9.17) is 4.74 Å². The molecule has 1 amide bonds. The van der Waals surface area contributed by atoms with E-state index in [2.05, 4.69) is 49.2 Å². The lowest BCUT2D eigenvalue weighted by Gasteiger charge is -2.08. The number of nitrogens with one attached hydrogen (secondary N) is 2. The van der Waals surface area contributed by atoms with E-state index in [0.29, 0.717) is 12.3 Å². The number of benzene rings is 1. The molecule has 0 radical (unpaired) electrons. The number of carbonyl (C=O) groups is 1. The van der Waals surface area contributed by atoms with Gasteiger partial charge in [0.1, 0.15) is 5.75 Å². The van der Waals surface area contributed by atoms with Crippen molar-refractivity contribution in [2.75, 3.05) is 26.7 Å². The van der Waals surface area contributed by atoms with Gasteiger partial charge >= 0.3 is 0 Å². The molecule has 1 aromatic rings. The van der Waals surface area contributed by atoms with Crippen molar-refractivity contribution >= 4 is 44.4 Å². The Morgan fingerprint density at radius 2 is 2.18 bits per heavy atom. The first-order valence-corrected chi connectivity index (χ1v) is 6.99. The smallest absolute Gasteiger partial charge is 0.257 e. The number of rotatable bonds is 6. The van der Waals surface area contributed by atoms with Crippen molar-refractivity contribution in [2.24, 2.45) is 0 Å². The number of carbonyl (C=O) groups excluding carboxylic acids is 1. The highest BCUT2D eigenvalue weighted by Crippen LogP contribution is 2.22. The molecule has 6 heteroatoms. The summed E-state index contributed by atoms with van der Waals surface area (Å²) in [5.74, 6) is 0.572. The summed E-state index contributed by atoms with van der Waals surface area (Å²) in [4.78, 5) is 11.4. The minimum atomic E-state index is -0.116. The van der Waals surface area contributed by atoms with Crippen LogP contribution in [0.5, 0.6) is 5.75 Å². The average molecular weight is 413 g/mol. The van der Waals surface area contributed by atoms with Gasteiger partial charge in [-0.1, -0.05) is 15.9 Å². The highest BCUT2D eigenvalue weighted by Gasteiger charge is 2.03. The van der Waals surface area contributed by atoms with Crippen LogP contribution in [0.1, 0.15) is 0 Å². The van der Waals surface area contributed by atoms with Crippen LogP contribution in [0.4, 0.5) is 0 Å². The predicted molar refractivity (Wildman–Crippen MR) is 79.3 cm³/mol. The molecule has 0 aliphatic heterocycles. The summed E-state index contributed by atoms with van der Waals surface area (Å²) in [5, 5.41) is 5.69. The van der Waals surface area contributed by atoms with Gasteiger partial charge in [0.25, 0.3) is 5.91 Å². The number of amides is 1. The first-order valence-electron chi connectivity index (χ1n) is 5.12. The summed E-state index contributed by atoms with van der Waals surface area (Å²) >= 11 is 5.57. The van der Waals surface area contributed by atoms with Gasteiger partial charge in [0.2, 0.25) is 0 Å². The van der Waals surface area contributed by atoms with Gasteiger partial charge in [-0.25, -0.2) is 0 Å². The predicted octanol–water partition coefficient (Wildman–Crippen LogP) is 1.77. The fraction of sp³-hybridized carbons (Fsp3) is 0.364. The van der Waals surface area contributed by atoms with Crippen LogP contribution in [0, 0.1) is 3.57 Å². The number of likely N-dealkylation sites (N-methyl/N-ethyl adjacent to an activating group) is 1. The Morgan fingerprint density at radius 3 is 2.82 bits per heavy atom. The molecule has 0 aliphatic rings. The standard InChI is InChI=1S/C11H14BrIN2O2/c1-14-2-3-15-11(16)7-17-10-5-8(12)4-9(13)6-10/h4-6,14H,2-3,7H2,1H3,(H,15,16). The van der Waals surface area contributed by atoms with Crippen LogP contribution >= 0.6 is 38.5 Å². The number of hydrogen-bond acceptors (Lipinski definition) is 3. The van der Waals surface area contributed by atoms with Gasteiger partial charge in [0, 0.05) is 21.1 Å². The lowest BCUT2D eigenvalue weighted by molar-refractivity contribution is -0.123. The molecular weight excluding hydrogens is 399 g/mol. The SMILES string of the molecule is CNCCNC(=O)COc1cc(Br)cc(I)c1. The second-order valence-electron chi connectivity index (χ2n) is 3.35. The van der Waals surface area contributed by atoms with Crippen LogP contribution < -0.4 is 15.4 Å². The third-order valence-electron chi connectivity index (χ3n) is 1.90. The van der Waals surface area contributed by atoms with Crippen molar-refractivity contribution in [1.29, 1.82) is 0 Å². The van der Waals surface area contributed by atoms with Gasteiger partial charge < -0.3 is 15.4 Å². The molecule has 0 heterocycles. The molecule has 1 aromatic carbocycles. The highest BCUT2D eigenvalue weighted by molar-refractivity contribution is 14.1. The van der Waals surface area contributed by atoms with Crippen molar-refractivity contribution in [3.05, 3.63) is 26.2 Å². The molecule has 94 valence electrons. The molecule has 2 N–H and O–H groups in total. The van der Waals surface area contributed by atoms with Crippen LogP contribution in [0.15, 0.2) is 22.7 Å². The minimum absolute atomic E-state index is 0.0379. The summed E-state index contributed by atoms with van der Waals surface area (Å²) in [6, 6.07) is 5.69. The third kappa shape index (κ3) is 6.23. The fourth-order valence-corrected chi connectivity index (χ4v) is 2.68. The highest BCUT2D eigenvalue weighted by atomic mass is 127. The molecule has 0 saturated carbocycles. The maximum absolute atomic E-state index is 11.4. The zero-order chi connectivity index (χ0) is 12.7. The van der Waals surface area contributed by atoms with Crippen molar-refractivity contribution in [2.45, 2.75) is 0 Å². The topological polar surface area (TPSA) is 50.4 Å². The molecule has 0 spiro atoms. The Labute approximate surface area is 123 Å². The Kier molecular flexibility index (Phi) is 6.83. The molecule has 0 bridgehead atoms. The lowest BCUT2D eigenvalue weighted by atomic mass is 10.3. The first-order chi connectivity index (χ1) is 8.11. The van der Waals surface area contributed by atoms with Crippen LogP contribution in [-0.4, -0.2) is 32.7 Å². The van der Waals surface area contributed by atoms with Crippen LogP contribution in [0.25, 0.3) is 0 Å². The van der Waals surface area contributed by atoms with Crippen LogP contribution in [0.2, 0.25) is 0 Å². The van der Waals surface area contributed by atoms with Gasteiger partial charge in [-0.15, -0.1) is 0 Å². The zero-order valence-corrected chi connectivity index (χ0v) is 13.2. The third-order valence-corrected chi connectivity index (χ3v) is 2.98. The lowest BCUT2D eigenvalue weighted by Crippen LogP contribution is -2.33. The van der Waals surface area contributed by atoms with Crippen molar-refractivity contribution in [1.82, 2.24) is 10.6 Å². The molecule has 0 fully saturated rings. The van der Waals surface area contributed by atoms with E-state index in [-0.39, 0.29) is 12.5 Å². The minimum Gasteiger partial charge on any atom is -0.484 e. The van der Waals surface area contributed by atoms with E-state index < -0.39 is 0 Å². The van der Waals surface area contributed by atoms with E-state index in [0.717, 1.165) is 14.6 Å². The van der Waals surface area contributed by atoms with Gasteiger partial charge in [-0.05, 0) is 47.8 Å². The van der Waals surface area contributed by atoms with Crippen molar-refractivity contribution in [3.8, 4) is 5.75 Å². The van der Waals surface area contributed by atoms with Gasteiger partial charge in [0.15, 0.2) is 6.61 Å². The second-order valence-corrected chi connectivity index (χ2v) is 5.51. The summed E-state index contributed by atoms with van der Waals surface area (Å²) < 4.78 is 7.39. The number of ether oxygens (including phenoxy) is 1. The molecule has 0 unspecified atom stereocenters. The maximum Gasteiger partial charge on any atom is 0.257 e. The molecule has 0 aliphatic carbocycles. The Hall–Kier alpha value is -0.340. The average Bonchev–Trinajstić information content (AvgIpc) is 2.25. The van der Waals surface area contributed by atoms with Crippen LogP contribution in [0.3, 0.4) is 0 Å². The summed E-state index contributed by atoms with van der Waals surface area (Å²) in [6.07, 6.45) is 0. The van der Waals surface area contributed by atoms with E-state index in [9.17, 15) is 4.79 Å². The first kappa shape index (κ1) is 14.7. The fourth-order valence-electron chi connectivity index (χ4n) is 1.14. The van der Waals surface area contributed by atoms with E-state index >= 15 is 0 Å². The second kappa shape index (κ2) is 7.88. The van der Waals surface area contributed by atoms with Crippen molar-refractivity contribution < 1.29 is 9.53 Å². The quantitative estimate of drug-likeness (QED) is 0.553. The molecule has 0 saturated heterocycles. The molecule has 17 heavy (non-hydrogen) atoms. The maximum atomic E-state index is 11.4. The zero-order valence-electron chi connectivity index (χ0n) is 9.43.